The number of rotatable bonds is 2. The van der Waals surface area contributed by atoms with Crippen molar-refractivity contribution in [3.05, 3.63) is 24.3 Å². The van der Waals surface area contributed by atoms with Gasteiger partial charge in [0, 0.05) is 20.1 Å². The van der Waals surface area contributed by atoms with Crippen LogP contribution in [-0.2, 0) is 9.59 Å². The second kappa shape index (κ2) is 5.15. The molecule has 1 fully saturated rings. The van der Waals surface area contributed by atoms with Crippen LogP contribution in [0.1, 0.15) is 19.3 Å². The fourth-order valence-corrected chi connectivity index (χ4v) is 2.76. The molecule has 1 atom stereocenters. The van der Waals surface area contributed by atoms with Crippen LogP contribution in [0.2, 0.25) is 0 Å². The monoisotopic (exact) mass is 274 g/mol. The van der Waals surface area contributed by atoms with Crippen LogP contribution in [0.15, 0.2) is 24.3 Å². The topological polar surface area (TPSA) is 49.9 Å². The molecule has 106 valence electrons. The molecule has 0 radical (unpaired) electrons. The summed E-state index contributed by atoms with van der Waals surface area (Å²) in [6, 6.07) is 7.39. The summed E-state index contributed by atoms with van der Waals surface area (Å²) in [7, 11) is 1.72. The minimum atomic E-state index is -0.706. The highest BCUT2D eigenvalue weighted by atomic mass is 16.5. The average molecular weight is 274 g/mol. The van der Waals surface area contributed by atoms with Crippen LogP contribution in [0, 0.1) is 0 Å². The van der Waals surface area contributed by atoms with Gasteiger partial charge >= 0.3 is 0 Å². The number of benzene rings is 1. The van der Waals surface area contributed by atoms with E-state index < -0.39 is 6.10 Å². The number of ether oxygens (including phenoxy) is 1. The number of nitrogens with zero attached hydrogens (tertiary/aromatic N) is 2. The SMILES string of the molecule is CN1C(=O)C(CC(=O)N2CCCC2)Oc2ccccc21. The Morgan fingerprint density at radius 1 is 1.30 bits per heavy atom. The summed E-state index contributed by atoms with van der Waals surface area (Å²) >= 11 is 0. The summed E-state index contributed by atoms with van der Waals surface area (Å²) in [5, 5.41) is 0. The van der Waals surface area contributed by atoms with Crippen molar-refractivity contribution in [1.82, 2.24) is 4.90 Å². The van der Waals surface area contributed by atoms with Gasteiger partial charge in [0.25, 0.3) is 5.91 Å². The lowest BCUT2D eigenvalue weighted by atomic mass is 10.1. The lowest BCUT2D eigenvalue weighted by Gasteiger charge is -2.32. The van der Waals surface area contributed by atoms with Gasteiger partial charge in [-0.05, 0) is 25.0 Å². The Hall–Kier alpha value is -2.04. The van der Waals surface area contributed by atoms with Gasteiger partial charge < -0.3 is 14.5 Å². The van der Waals surface area contributed by atoms with Gasteiger partial charge in [0.05, 0.1) is 12.1 Å². The molecule has 0 aliphatic carbocycles. The first-order valence-corrected chi connectivity index (χ1v) is 6.98. The zero-order valence-corrected chi connectivity index (χ0v) is 11.5. The van der Waals surface area contributed by atoms with E-state index in [0.717, 1.165) is 31.6 Å². The number of amides is 2. The van der Waals surface area contributed by atoms with Gasteiger partial charge in [-0.15, -0.1) is 0 Å². The van der Waals surface area contributed by atoms with E-state index in [1.54, 1.807) is 11.9 Å². The Bertz CT molecular complexity index is 538. The minimum Gasteiger partial charge on any atom is -0.478 e. The van der Waals surface area contributed by atoms with Gasteiger partial charge in [0.15, 0.2) is 6.10 Å². The number of likely N-dealkylation sites (tertiary alicyclic amines) is 1. The highest BCUT2D eigenvalue weighted by Crippen LogP contribution is 2.33. The number of carbonyl (C=O) groups excluding carboxylic acids is 2. The highest BCUT2D eigenvalue weighted by Gasteiger charge is 2.35. The number of hydrogen-bond acceptors (Lipinski definition) is 3. The Morgan fingerprint density at radius 2 is 2.00 bits per heavy atom. The lowest BCUT2D eigenvalue weighted by Crippen LogP contribution is -2.46. The van der Waals surface area contributed by atoms with Crippen molar-refractivity contribution in [2.75, 3.05) is 25.0 Å². The summed E-state index contributed by atoms with van der Waals surface area (Å²) in [6.45, 7) is 1.60. The fraction of sp³-hybridized carbons (Fsp3) is 0.467. The van der Waals surface area contributed by atoms with E-state index in [1.807, 2.05) is 29.2 Å². The molecule has 0 saturated carbocycles. The second-order valence-corrected chi connectivity index (χ2v) is 5.26. The Morgan fingerprint density at radius 3 is 2.75 bits per heavy atom. The summed E-state index contributed by atoms with van der Waals surface area (Å²) in [4.78, 5) is 27.8. The third kappa shape index (κ3) is 2.24. The molecule has 2 heterocycles. The van der Waals surface area contributed by atoms with Crippen LogP contribution in [0.25, 0.3) is 0 Å². The predicted molar refractivity (Wildman–Crippen MR) is 74.7 cm³/mol. The van der Waals surface area contributed by atoms with Gasteiger partial charge in [0.2, 0.25) is 5.91 Å². The van der Waals surface area contributed by atoms with E-state index in [4.69, 9.17) is 4.74 Å². The van der Waals surface area contributed by atoms with E-state index >= 15 is 0 Å². The highest BCUT2D eigenvalue weighted by molar-refractivity contribution is 6.01. The first kappa shape index (κ1) is 13.0. The van der Waals surface area contributed by atoms with Crippen LogP contribution in [0.4, 0.5) is 5.69 Å². The molecule has 0 spiro atoms. The van der Waals surface area contributed by atoms with E-state index in [1.165, 1.54) is 0 Å². The minimum absolute atomic E-state index is 0.00799. The normalized spacial score (nSPS) is 21.6. The smallest absolute Gasteiger partial charge is 0.268 e. The average Bonchev–Trinajstić information content (AvgIpc) is 2.99. The standard InChI is InChI=1S/C15H18N2O3/c1-16-11-6-2-3-7-12(11)20-13(15(16)19)10-14(18)17-8-4-5-9-17/h2-3,6-7,13H,4-5,8-10H2,1H3. The number of fused-ring (bicyclic) bond motifs is 1. The quantitative estimate of drug-likeness (QED) is 0.819. The number of hydrogen-bond donors (Lipinski definition) is 0. The number of para-hydroxylation sites is 2. The summed E-state index contributed by atoms with van der Waals surface area (Å²) in [5.41, 5.74) is 0.752. The van der Waals surface area contributed by atoms with Crippen molar-refractivity contribution in [3.63, 3.8) is 0 Å². The summed E-state index contributed by atoms with van der Waals surface area (Å²) < 4.78 is 5.71. The molecule has 2 aliphatic rings. The molecule has 2 aliphatic heterocycles. The maximum absolute atomic E-state index is 12.3. The van der Waals surface area contributed by atoms with Crippen molar-refractivity contribution in [3.8, 4) is 5.75 Å². The lowest BCUT2D eigenvalue weighted by molar-refractivity contribution is -0.137. The molecule has 1 unspecified atom stereocenters. The van der Waals surface area contributed by atoms with Gasteiger partial charge in [-0.3, -0.25) is 9.59 Å². The fourth-order valence-electron chi connectivity index (χ4n) is 2.76. The zero-order valence-electron chi connectivity index (χ0n) is 11.5. The Labute approximate surface area is 118 Å². The van der Waals surface area contributed by atoms with Gasteiger partial charge in [-0.25, -0.2) is 0 Å². The van der Waals surface area contributed by atoms with E-state index in [-0.39, 0.29) is 18.2 Å². The van der Waals surface area contributed by atoms with Crippen LogP contribution >= 0.6 is 0 Å². The molecule has 3 rings (SSSR count). The molecule has 1 saturated heterocycles. The second-order valence-electron chi connectivity index (χ2n) is 5.26. The molecule has 1 aromatic carbocycles. The first-order valence-electron chi connectivity index (χ1n) is 6.98. The van der Waals surface area contributed by atoms with Gasteiger partial charge in [-0.1, -0.05) is 12.1 Å². The molecule has 2 amide bonds. The van der Waals surface area contributed by atoms with E-state index in [0.29, 0.717) is 5.75 Å². The number of carbonyl (C=O) groups is 2. The maximum atomic E-state index is 12.3. The molecule has 1 aromatic rings. The van der Waals surface area contributed by atoms with Gasteiger partial charge in [-0.2, -0.15) is 0 Å². The zero-order chi connectivity index (χ0) is 14.1. The van der Waals surface area contributed by atoms with E-state index in [2.05, 4.69) is 0 Å². The van der Waals surface area contributed by atoms with Crippen molar-refractivity contribution in [1.29, 1.82) is 0 Å². The molecule has 0 N–H and O–H groups in total. The summed E-state index contributed by atoms with van der Waals surface area (Å²) in [6.07, 6.45) is 1.52. The third-order valence-electron chi connectivity index (χ3n) is 3.92. The Balaban J connectivity index is 1.75. The Kier molecular flexibility index (Phi) is 3.34. The van der Waals surface area contributed by atoms with Crippen LogP contribution in [-0.4, -0.2) is 43.0 Å². The molecular formula is C15H18N2O3. The van der Waals surface area contributed by atoms with Crippen LogP contribution < -0.4 is 9.64 Å². The number of anilines is 1. The van der Waals surface area contributed by atoms with Crippen molar-refractivity contribution in [2.24, 2.45) is 0 Å². The summed E-state index contributed by atoms with van der Waals surface area (Å²) in [5.74, 6) is 0.513. The maximum Gasteiger partial charge on any atom is 0.268 e. The van der Waals surface area contributed by atoms with Crippen molar-refractivity contribution in [2.45, 2.75) is 25.4 Å². The molecule has 5 nitrogen and oxygen atoms in total. The third-order valence-corrected chi connectivity index (χ3v) is 3.92. The molecule has 0 aromatic heterocycles. The molecule has 5 heteroatoms. The predicted octanol–water partition coefficient (Wildman–Crippen LogP) is 1.42. The van der Waals surface area contributed by atoms with Crippen LogP contribution in [0.3, 0.4) is 0 Å². The molecule has 20 heavy (non-hydrogen) atoms. The van der Waals surface area contributed by atoms with Crippen molar-refractivity contribution >= 4 is 17.5 Å². The van der Waals surface area contributed by atoms with Gasteiger partial charge in [0.1, 0.15) is 5.75 Å². The molecular weight excluding hydrogens is 256 g/mol. The van der Waals surface area contributed by atoms with Crippen molar-refractivity contribution < 1.29 is 14.3 Å². The van der Waals surface area contributed by atoms with E-state index in [9.17, 15) is 9.59 Å². The largest absolute Gasteiger partial charge is 0.478 e. The molecule has 0 bridgehead atoms. The van der Waals surface area contributed by atoms with Crippen LogP contribution in [0.5, 0.6) is 5.75 Å². The first-order chi connectivity index (χ1) is 9.66. The number of likely N-dealkylation sites (N-methyl/N-ethyl adjacent to an activating group) is 1.